The number of hydrazine groups is 1. The fraction of sp³-hybridized carbons (Fsp3) is 0.0952. The van der Waals surface area contributed by atoms with Crippen molar-refractivity contribution in [1.82, 2.24) is 15.4 Å². The van der Waals surface area contributed by atoms with Gasteiger partial charge in [-0.1, -0.05) is 30.0 Å². The summed E-state index contributed by atoms with van der Waals surface area (Å²) in [5.74, 6) is -0.550. The van der Waals surface area contributed by atoms with Gasteiger partial charge in [0.05, 0.1) is 10.5 Å². The van der Waals surface area contributed by atoms with E-state index in [4.69, 9.17) is 4.42 Å². The van der Waals surface area contributed by atoms with Crippen LogP contribution in [0, 0.1) is 10.1 Å². The van der Waals surface area contributed by atoms with Gasteiger partial charge in [-0.3, -0.25) is 25.8 Å². The number of anilines is 1. The van der Waals surface area contributed by atoms with Gasteiger partial charge >= 0.3 is 12.1 Å². The summed E-state index contributed by atoms with van der Waals surface area (Å²) in [6, 6.07) is 10.5. The molecule has 0 unspecified atom stereocenters. The van der Waals surface area contributed by atoms with Crippen molar-refractivity contribution in [2.75, 3.05) is 5.43 Å². The largest absolute Gasteiger partial charge is 0.451 e. The number of aromatic nitrogens is 2. The number of alkyl halides is 3. The molecule has 0 atom stereocenters. The summed E-state index contributed by atoms with van der Waals surface area (Å²) in [6.45, 7) is 0. The van der Waals surface area contributed by atoms with Crippen LogP contribution in [-0.4, -0.2) is 20.8 Å². The molecule has 4 rings (SSSR count). The molecule has 0 radical (unpaired) electrons. The molecular formula is C21H14F3N5O4S. The number of nitrogens with one attached hydrogen (secondary N) is 2. The van der Waals surface area contributed by atoms with Gasteiger partial charge in [-0.25, -0.2) is 9.97 Å². The lowest BCUT2D eigenvalue weighted by Crippen LogP contribution is -2.30. The fourth-order valence-corrected chi connectivity index (χ4v) is 3.90. The monoisotopic (exact) mass is 489 g/mol. The summed E-state index contributed by atoms with van der Waals surface area (Å²) >= 11 is 1.27. The minimum Gasteiger partial charge on any atom is -0.451 e. The Bertz CT molecular complexity index is 1360. The van der Waals surface area contributed by atoms with E-state index in [1.165, 1.54) is 11.8 Å². The normalized spacial score (nSPS) is 11.4. The van der Waals surface area contributed by atoms with Crippen LogP contribution < -0.4 is 10.9 Å². The van der Waals surface area contributed by atoms with Crippen LogP contribution in [0.1, 0.15) is 21.7 Å². The number of nitro groups is 1. The molecule has 13 heteroatoms. The van der Waals surface area contributed by atoms with Crippen LogP contribution in [0.15, 0.2) is 70.5 Å². The van der Waals surface area contributed by atoms with Crippen molar-refractivity contribution in [2.24, 2.45) is 0 Å². The number of nitro benzene ring substituents is 1. The summed E-state index contributed by atoms with van der Waals surface area (Å²) in [5, 5.41) is 12.4. The van der Waals surface area contributed by atoms with Crippen LogP contribution in [0.5, 0.6) is 0 Å². The topological polar surface area (TPSA) is 123 Å². The second kappa shape index (κ2) is 9.39. The Labute approximate surface area is 193 Å². The van der Waals surface area contributed by atoms with Gasteiger partial charge < -0.3 is 4.42 Å². The molecule has 0 bridgehead atoms. The lowest BCUT2D eigenvalue weighted by Gasteiger charge is -2.11. The van der Waals surface area contributed by atoms with E-state index >= 15 is 0 Å². The van der Waals surface area contributed by atoms with Crippen molar-refractivity contribution < 1.29 is 27.3 Å². The zero-order valence-corrected chi connectivity index (χ0v) is 17.8. The van der Waals surface area contributed by atoms with Crippen molar-refractivity contribution >= 4 is 40.0 Å². The molecule has 174 valence electrons. The first-order valence-electron chi connectivity index (χ1n) is 9.56. The quantitative estimate of drug-likeness (QED) is 0.157. The third kappa shape index (κ3) is 4.93. The summed E-state index contributed by atoms with van der Waals surface area (Å²) in [6.07, 6.45) is -1.59. The summed E-state index contributed by atoms with van der Waals surface area (Å²) in [4.78, 5) is 31.4. The van der Waals surface area contributed by atoms with Gasteiger partial charge in [0.2, 0.25) is 0 Å². The molecule has 9 nitrogen and oxygen atoms in total. The molecule has 0 aliphatic carbocycles. The second-order valence-corrected chi connectivity index (χ2v) is 7.73. The van der Waals surface area contributed by atoms with Crippen molar-refractivity contribution in [3.63, 3.8) is 0 Å². The van der Waals surface area contributed by atoms with Gasteiger partial charge in [0, 0.05) is 35.2 Å². The molecule has 0 aliphatic heterocycles. The van der Waals surface area contributed by atoms with Crippen molar-refractivity contribution in [3.8, 4) is 0 Å². The maximum Gasteiger partial charge on any atom is 0.416 e. The number of hydrogen-bond acceptors (Lipinski definition) is 8. The number of furan rings is 1. The molecule has 2 aromatic heterocycles. The van der Waals surface area contributed by atoms with Crippen LogP contribution >= 0.6 is 11.8 Å². The molecular weight excluding hydrogens is 475 g/mol. The molecule has 4 aromatic rings. The zero-order valence-electron chi connectivity index (χ0n) is 17.0. The molecule has 2 heterocycles. The van der Waals surface area contributed by atoms with Gasteiger partial charge in [0.1, 0.15) is 11.3 Å². The van der Waals surface area contributed by atoms with Crippen molar-refractivity contribution in [1.29, 1.82) is 0 Å². The van der Waals surface area contributed by atoms with E-state index in [2.05, 4.69) is 20.8 Å². The van der Waals surface area contributed by atoms with Gasteiger partial charge in [-0.2, -0.15) is 13.2 Å². The molecule has 0 fully saturated rings. The van der Waals surface area contributed by atoms with Crippen LogP contribution in [-0.2, 0) is 11.9 Å². The lowest BCUT2D eigenvalue weighted by atomic mass is 10.1. The van der Waals surface area contributed by atoms with E-state index < -0.39 is 28.3 Å². The number of thioether (sulfide) groups is 1. The van der Waals surface area contributed by atoms with E-state index in [0.717, 1.165) is 6.07 Å². The minimum atomic E-state index is -4.75. The predicted molar refractivity (Wildman–Crippen MR) is 117 cm³/mol. The first kappa shape index (κ1) is 23.0. The summed E-state index contributed by atoms with van der Waals surface area (Å²) < 4.78 is 44.4. The number of carbonyl (C=O) groups excluding carboxylic acids is 1. The first-order valence-corrected chi connectivity index (χ1v) is 10.5. The molecule has 0 spiro atoms. The number of rotatable bonds is 7. The third-order valence-corrected chi connectivity index (χ3v) is 5.53. The summed E-state index contributed by atoms with van der Waals surface area (Å²) in [5.41, 5.74) is 3.20. The molecule has 0 saturated heterocycles. The van der Waals surface area contributed by atoms with Crippen molar-refractivity contribution in [2.45, 2.75) is 17.1 Å². The number of benzene rings is 2. The zero-order chi connectivity index (χ0) is 24.3. The highest BCUT2D eigenvalue weighted by molar-refractivity contribution is 7.98. The van der Waals surface area contributed by atoms with Crippen LogP contribution in [0.4, 0.5) is 24.5 Å². The molecule has 2 N–H and O–H groups in total. The molecule has 1 amide bonds. The number of fused-ring (bicyclic) bond motifs is 1. The SMILES string of the molecule is O=C(NNc1ccc(C(F)(F)F)cc1[N+](=O)[O-])c1oc2ccccc2c1CSc1ncccn1. The smallest absolute Gasteiger partial charge is 0.416 e. The Hall–Kier alpha value is -4.13. The summed E-state index contributed by atoms with van der Waals surface area (Å²) in [7, 11) is 0. The number of para-hydroxylation sites is 1. The van der Waals surface area contributed by atoms with Gasteiger partial charge in [-0.05, 0) is 24.3 Å². The Morgan fingerprint density at radius 1 is 1.12 bits per heavy atom. The molecule has 0 saturated carbocycles. The average molecular weight is 489 g/mol. The Morgan fingerprint density at radius 2 is 1.85 bits per heavy atom. The second-order valence-electron chi connectivity index (χ2n) is 6.79. The van der Waals surface area contributed by atoms with E-state index in [-0.39, 0.29) is 17.2 Å². The number of halogens is 3. The van der Waals surface area contributed by atoms with E-state index in [0.29, 0.717) is 33.8 Å². The maximum absolute atomic E-state index is 12.9. The van der Waals surface area contributed by atoms with Crippen LogP contribution in [0.3, 0.4) is 0 Å². The average Bonchev–Trinajstić information content (AvgIpc) is 3.19. The Balaban J connectivity index is 1.58. The van der Waals surface area contributed by atoms with E-state index in [1.54, 1.807) is 42.7 Å². The van der Waals surface area contributed by atoms with Crippen LogP contribution in [0.25, 0.3) is 11.0 Å². The maximum atomic E-state index is 12.9. The number of hydrogen-bond donors (Lipinski definition) is 2. The Morgan fingerprint density at radius 3 is 2.56 bits per heavy atom. The number of amides is 1. The highest BCUT2D eigenvalue weighted by Crippen LogP contribution is 2.35. The van der Waals surface area contributed by atoms with Crippen molar-refractivity contribution in [3.05, 3.63) is 87.9 Å². The Kier molecular flexibility index (Phi) is 6.36. The first-order chi connectivity index (χ1) is 16.2. The molecule has 34 heavy (non-hydrogen) atoms. The van der Waals surface area contributed by atoms with E-state index in [1.807, 2.05) is 0 Å². The van der Waals surface area contributed by atoms with Gasteiger partial charge in [-0.15, -0.1) is 0 Å². The third-order valence-electron chi connectivity index (χ3n) is 4.62. The van der Waals surface area contributed by atoms with Crippen LogP contribution in [0.2, 0.25) is 0 Å². The molecule has 2 aromatic carbocycles. The highest BCUT2D eigenvalue weighted by atomic mass is 32.2. The van der Waals surface area contributed by atoms with Gasteiger partial charge in [0.25, 0.3) is 5.69 Å². The van der Waals surface area contributed by atoms with Gasteiger partial charge in [0.15, 0.2) is 10.9 Å². The predicted octanol–water partition coefficient (Wildman–Crippen LogP) is 5.20. The minimum absolute atomic E-state index is 0.0632. The highest BCUT2D eigenvalue weighted by Gasteiger charge is 2.33. The standard InChI is InChI=1S/C21H14F3N5O4S/c22-21(23,24)12-6-7-15(16(10-12)29(31)32)27-28-19(30)18-14(11-34-20-25-8-3-9-26-20)13-4-1-2-5-17(13)33-18/h1-10,27H,11H2,(H,28,30). The number of nitrogens with zero attached hydrogens (tertiary/aromatic N) is 3. The number of carbonyl (C=O) groups is 1. The van der Waals surface area contributed by atoms with E-state index in [9.17, 15) is 28.1 Å². The fourth-order valence-electron chi connectivity index (χ4n) is 3.07. The molecule has 0 aliphatic rings. The lowest BCUT2D eigenvalue weighted by molar-refractivity contribution is -0.384.